The molecule has 4 N–H and O–H groups in total. The first-order chi connectivity index (χ1) is 10.6. The van der Waals surface area contributed by atoms with Crippen LogP contribution in [0.4, 0.5) is 0 Å². The second kappa shape index (κ2) is 5.97. The molecule has 4 aliphatic rings. The highest BCUT2D eigenvalue weighted by molar-refractivity contribution is 7.87. The van der Waals surface area contributed by atoms with E-state index in [0.717, 1.165) is 36.6 Å². The minimum absolute atomic E-state index is 0.319. The second-order valence-electron chi connectivity index (χ2n) is 9.36. The van der Waals surface area contributed by atoms with Crippen LogP contribution < -0.4 is 15.2 Å². The summed E-state index contributed by atoms with van der Waals surface area (Å²) in [6, 6.07) is 0. The first kappa shape index (κ1) is 17.6. The Kier molecular flexibility index (Phi) is 4.58. The SMILES string of the molecule is CC(C)(C)C1C2CC3CC1CC(NCCCNS(N)(=O)=O)(C3)C2. The molecule has 2 unspecified atom stereocenters. The number of hydrogen-bond acceptors (Lipinski definition) is 3. The number of nitrogens with one attached hydrogen (secondary N) is 2. The molecule has 0 spiro atoms. The summed E-state index contributed by atoms with van der Waals surface area (Å²) >= 11 is 0. The third-order valence-corrected chi connectivity index (χ3v) is 7.04. The van der Waals surface area contributed by atoms with E-state index < -0.39 is 10.2 Å². The van der Waals surface area contributed by atoms with E-state index in [2.05, 4.69) is 30.8 Å². The van der Waals surface area contributed by atoms with Crippen LogP contribution in [0.2, 0.25) is 0 Å². The van der Waals surface area contributed by atoms with Gasteiger partial charge in [0.2, 0.25) is 0 Å². The fraction of sp³-hybridized carbons (Fsp3) is 1.00. The summed E-state index contributed by atoms with van der Waals surface area (Å²) in [5.41, 5.74) is 0.739. The van der Waals surface area contributed by atoms with Gasteiger partial charge in [-0.25, -0.2) is 9.86 Å². The van der Waals surface area contributed by atoms with E-state index in [-0.39, 0.29) is 0 Å². The Labute approximate surface area is 141 Å². The number of hydrogen-bond donors (Lipinski definition) is 3. The maximum absolute atomic E-state index is 10.9. The largest absolute Gasteiger partial charge is 0.311 e. The lowest BCUT2D eigenvalue weighted by Crippen LogP contribution is -2.63. The third-order valence-electron chi connectivity index (χ3n) is 6.43. The lowest BCUT2D eigenvalue weighted by molar-refractivity contribution is -0.103. The van der Waals surface area contributed by atoms with Crippen molar-refractivity contribution in [2.45, 2.75) is 64.8 Å². The van der Waals surface area contributed by atoms with Crippen molar-refractivity contribution in [2.24, 2.45) is 34.2 Å². The average Bonchev–Trinajstić information content (AvgIpc) is 2.33. The van der Waals surface area contributed by atoms with Crippen LogP contribution in [0.1, 0.15) is 59.3 Å². The summed E-state index contributed by atoms with van der Waals surface area (Å²) in [6.07, 6.45) is 7.58. The minimum atomic E-state index is -3.55. The van der Waals surface area contributed by atoms with Crippen LogP contribution in [-0.4, -0.2) is 27.0 Å². The Balaban J connectivity index is 1.56. The molecule has 0 aromatic rings. The van der Waals surface area contributed by atoms with Gasteiger partial charge in [-0.2, -0.15) is 8.42 Å². The standard InChI is InChI=1S/C17H33N3O2S/c1-16(2,3)15-13-7-12-8-14(15)11-17(9-12,10-13)19-5-4-6-20-23(18,21)22/h12-15,19-20H,4-11H2,1-3H3,(H2,18,21,22). The summed E-state index contributed by atoms with van der Waals surface area (Å²) in [5.74, 6) is 3.52. The molecule has 6 heteroatoms. The fourth-order valence-electron chi connectivity index (χ4n) is 6.31. The Morgan fingerprint density at radius 3 is 2.22 bits per heavy atom. The summed E-state index contributed by atoms with van der Waals surface area (Å²) in [7, 11) is -3.55. The molecule has 0 radical (unpaired) electrons. The van der Waals surface area contributed by atoms with Gasteiger partial charge in [-0.1, -0.05) is 20.8 Å². The van der Waals surface area contributed by atoms with E-state index in [9.17, 15) is 8.42 Å². The van der Waals surface area contributed by atoms with Gasteiger partial charge in [0.1, 0.15) is 0 Å². The second-order valence-corrected chi connectivity index (χ2v) is 10.7. The van der Waals surface area contributed by atoms with Crippen LogP contribution >= 0.6 is 0 Å². The molecule has 0 heterocycles. The van der Waals surface area contributed by atoms with Crippen molar-refractivity contribution in [2.75, 3.05) is 13.1 Å². The Hall–Kier alpha value is -0.170. The molecule has 4 saturated carbocycles. The van der Waals surface area contributed by atoms with Crippen molar-refractivity contribution in [1.82, 2.24) is 10.0 Å². The van der Waals surface area contributed by atoms with Crippen LogP contribution in [0.25, 0.3) is 0 Å². The predicted molar refractivity (Wildman–Crippen MR) is 93.0 cm³/mol. The number of nitrogens with two attached hydrogens (primary N) is 1. The quantitative estimate of drug-likeness (QED) is 0.645. The maximum atomic E-state index is 10.9. The summed E-state index contributed by atoms with van der Waals surface area (Å²) < 4.78 is 24.2. The lowest BCUT2D eigenvalue weighted by atomic mass is 9.45. The molecule has 5 nitrogen and oxygen atoms in total. The van der Waals surface area contributed by atoms with Crippen LogP contribution in [-0.2, 0) is 10.2 Å². The van der Waals surface area contributed by atoms with E-state index in [0.29, 0.717) is 17.5 Å². The predicted octanol–water partition coefficient (Wildman–Crippen LogP) is 2.00. The molecule has 0 amide bonds. The Bertz CT molecular complexity index is 525. The van der Waals surface area contributed by atoms with E-state index >= 15 is 0 Å². The zero-order valence-electron chi connectivity index (χ0n) is 14.8. The molecule has 0 aromatic heterocycles. The summed E-state index contributed by atoms with van der Waals surface area (Å²) in [5, 5.41) is 8.77. The minimum Gasteiger partial charge on any atom is -0.311 e. The average molecular weight is 344 g/mol. The molecular formula is C17H33N3O2S. The van der Waals surface area contributed by atoms with Gasteiger partial charge in [0.15, 0.2) is 0 Å². The normalized spacial score (nSPS) is 39.8. The van der Waals surface area contributed by atoms with Crippen molar-refractivity contribution in [1.29, 1.82) is 0 Å². The van der Waals surface area contributed by atoms with Gasteiger partial charge in [0, 0.05) is 12.1 Å². The van der Waals surface area contributed by atoms with E-state index in [1.807, 2.05) is 0 Å². The third kappa shape index (κ3) is 3.91. The van der Waals surface area contributed by atoms with E-state index in [4.69, 9.17) is 5.14 Å². The smallest absolute Gasteiger partial charge is 0.274 e. The molecule has 23 heavy (non-hydrogen) atoms. The molecule has 0 aliphatic heterocycles. The van der Waals surface area contributed by atoms with E-state index in [1.54, 1.807) is 0 Å². The molecule has 134 valence electrons. The van der Waals surface area contributed by atoms with Gasteiger partial charge >= 0.3 is 0 Å². The van der Waals surface area contributed by atoms with Gasteiger partial charge in [-0.15, -0.1) is 0 Å². The highest BCUT2D eigenvalue weighted by atomic mass is 32.2. The molecular weight excluding hydrogens is 310 g/mol. The van der Waals surface area contributed by atoms with Crippen LogP contribution in [0.15, 0.2) is 0 Å². The lowest BCUT2D eigenvalue weighted by Gasteiger charge is -2.63. The molecule has 0 aromatic carbocycles. The first-order valence-electron chi connectivity index (χ1n) is 9.10. The highest BCUT2D eigenvalue weighted by Crippen LogP contribution is 2.62. The molecule has 4 aliphatic carbocycles. The Morgan fingerprint density at radius 1 is 1.09 bits per heavy atom. The summed E-state index contributed by atoms with van der Waals surface area (Å²) in [6.45, 7) is 8.54. The van der Waals surface area contributed by atoms with Gasteiger partial charge in [-0.3, -0.25) is 0 Å². The maximum Gasteiger partial charge on any atom is 0.274 e. The molecule has 4 rings (SSSR count). The first-order valence-corrected chi connectivity index (χ1v) is 10.7. The van der Waals surface area contributed by atoms with Crippen molar-refractivity contribution in [3.63, 3.8) is 0 Å². The molecule has 0 saturated heterocycles. The van der Waals surface area contributed by atoms with Crippen molar-refractivity contribution in [3.05, 3.63) is 0 Å². The number of rotatable bonds is 6. The molecule has 4 fully saturated rings. The van der Waals surface area contributed by atoms with Crippen molar-refractivity contribution in [3.8, 4) is 0 Å². The monoisotopic (exact) mass is 343 g/mol. The zero-order valence-corrected chi connectivity index (χ0v) is 15.6. The highest BCUT2D eigenvalue weighted by Gasteiger charge is 2.57. The molecule has 2 atom stereocenters. The fourth-order valence-corrected chi connectivity index (χ4v) is 6.74. The van der Waals surface area contributed by atoms with Crippen molar-refractivity contribution >= 4 is 10.2 Å². The van der Waals surface area contributed by atoms with Gasteiger partial charge in [0.05, 0.1) is 0 Å². The van der Waals surface area contributed by atoms with Gasteiger partial charge < -0.3 is 5.32 Å². The van der Waals surface area contributed by atoms with E-state index in [1.165, 1.54) is 32.1 Å². The van der Waals surface area contributed by atoms with Gasteiger partial charge in [0.25, 0.3) is 10.2 Å². The van der Waals surface area contributed by atoms with Gasteiger partial charge in [-0.05, 0) is 74.2 Å². The van der Waals surface area contributed by atoms with Crippen LogP contribution in [0, 0.1) is 29.1 Å². The van der Waals surface area contributed by atoms with Crippen LogP contribution in [0.3, 0.4) is 0 Å². The Morgan fingerprint density at radius 2 is 1.70 bits per heavy atom. The topological polar surface area (TPSA) is 84.2 Å². The van der Waals surface area contributed by atoms with Crippen LogP contribution in [0.5, 0.6) is 0 Å². The van der Waals surface area contributed by atoms with Crippen molar-refractivity contribution < 1.29 is 8.42 Å². The summed E-state index contributed by atoms with van der Waals surface area (Å²) in [4.78, 5) is 0. The molecule has 4 bridgehead atoms. The zero-order chi connectivity index (χ0) is 16.9.